The third-order valence-corrected chi connectivity index (χ3v) is 4.32. The van der Waals surface area contributed by atoms with Crippen LogP contribution < -0.4 is 10.9 Å². The highest BCUT2D eigenvalue weighted by atomic mass is 16.5. The second-order valence-corrected chi connectivity index (χ2v) is 5.95. The summed E-state index contributed by atoms with van der Waals surface area (Å²) < 4.78 is 5.16. The highest BCUT2D eigenvalue weighted by Crippen LogP contribution is 2.20. The van der Waals surface area contributed by atoms with E-state index in [1.165, 1.54) is 0 Å². The lowest BCUT2D eigenvalue weighted by atomic mass is 9.98. The third-order valence-electron chi connectivity index (χ3n) is 4.32. The van der Waals surface area contributed by atoms with Gasteiger partial charge in [0.2, 0.25) is 0 Å². The summed E-state index contributed by atoms with van der Waals surface area (Å²) in [5, 5.41) is 0.747. The lowest BCUT2D eigenvalue weighted by Gasteiger charge is -2.23. The third kappa shape index (κ3) is 2.79. The molecule has 1 aliphatic heterocycles. The molecule has 1 unspecified atom stereocenters. The van der Waals surface area contributed by atoms with Gasteiger partial charge in [0.1, 0.15) is 0 Å². The molecule has 1 atom stereocenters. The summed E-state index contributed by atoms with van der Waals surface area (Å²) >= 11 is 0. The molecular weight excluding hydrogens is 334 g/mol. The van der Waals surface area contributed by atoms with Crippen LogP contribution in [-0.2, 0) is 16.0 Å². The summed E-state index contributed by atoms with van der Waals surface area (Å²) in [6.45, 7) is 0. The first kappa shape index (κ1) is 15.9. The van der Waals surface area contributed by atoms with Gasteiger partial charge >= 0.3 is 5.97 Å². The number of H-pyrrole nitrogens is 1. The summed E-state index contributed by atoms with van der Waals surface area (Å²) in [6, 6.07) is 14.3. The molecule has 3 N–H and O–H groups in total. The van der Waals surface area contributed by atoms with E-state index in [0.29, 0.717) is 11.1 Å². The number of fused-ring (bicyclic) bond motifs is 2. The van der Waals surface area contributed by atoms with Crippen molar-refractivity contribution >= 4 is 28.7 Å². The van der Waals surface area contributed by atoms with Crippen LogP contribution in [0, 0.1) is 0 Å². The van der Waals surface area contributed by atoms with Gasteiger partial charge in [0.25, 0.3) is 11.8 Å². The number of aromatic amines is 1. The first-order chi connectivity index (χ1) is 12.6. The van der Waals surface area contributed by atoms with Crippen molar-refractivity contribution in [1.82, 2.24) is 15.8 Å². The number of rotatable bonds is 2. The Morgan fingerprint density at radius 2 is 1.81 bits per heavy atom. The molecule has 2 heterocycles. The molecule has 0 bridgehead atoms. The van der Waals surface area contributed by atoms with Gasteiger partial charge in [0.15, 0.2) is 6.10 Å². The van der Waals surface area contributed by atoms with Crippen molar-refractivity contribution in [3.63, 3.8) is 0 Å². The number of aromatic nitrogens is 1. The normalized spacial score (nSPS) is 15.8. The molecule has 2 aromatic carbocycles. The predicted molar refractivity (Wildman–Crippen MR) is 93.3 cm³/mol. The van der Waals surface area contributed by atoms with E-state index in [4.69, 9.17) is 4.74 Å². The predicted octanol–water partition coefficient (Wildman–Crippen LogP) is 1.71. The van der Waals surface area contributed by atoms with Crippen molar-refractivity contribution in [2.24, 2.45) is 0 Å². The molecule has 0 spiro atoms. The van der Waals surface area contributed by atoms with Gasteiger partial charge in [0.05, 0.1) is 11.1 Å². The Morgan fingerprint density at radius 1 is 1.04 bits per heavy atom. The van der Waals surface area contributed by atoms with Crippen molar-refractivity contribution in [3.8, 4) is 0 Å². The topological polar surface area (TPSA) is 100 Å². The molecule has 4 rings (SSSR count). The molecule has 0 saturated carbocycles. The maximum atomic E-state index is 12.3. The van der Waals surface area contributed by atoms with E-state index < -0.39 is 23.9 Å². The molecule has 7 nitrogen and oxygen atoms in total. The smallest absolute Gasteiger partial charge is 0.339 e. The Hall–Kier alpha value is -3.61. The van der Waals surface area contributed by atoms with Crippen LogP contribution in [0.3, 0.4) is 0 Å². The van der Waals surface area contributed by atoms with E-state index in [1.807, 2.05) is 24.3 Å². The molecule has 2 amide bonds. The van der Waals surface area contributed by atoms with Crippen LogP contribution in [0.15, 0.2) is 54.7 Å². The fraction of sp³-hybridized carbons (Fsp3) is 0.105. The SMILES string of the molecule is O=C1OC(C(=O)NNC(=O)c2c[nH]c3ccccc23)Cc2ccccc21. The van der Waals surface area contributed by atoms with Crippen LogP contribution in [-0.4, -0.2) is 28.9 Å². The number of ether oxygens (including phenoxy) is 1. The Morgan fingerprint density at radius 3 is 2.69 bits per heavy atom. The number of nitrogens with one attached hydrogen (secondary N) is 3. The summed E-state index contributed by atoms with van der Waals surface area (Å²) in [6.07, 6.45) is 0.848. The second kappa shape index (κ2) is 6.36. The molecule has 26 heavy (non-hydrogen) atoms. The average molecular weight is 349 g/mol. The maximum Gasteiger partial charge on any atom is 0.339 e. The zero-order valence-corrected chi connectivity index (χ0v) is 13.6. The Labute approximate surface area is 148 Å². The van der Waals surface area contributed by atoms with Crippen LogP contribution in [0.1, 0.15) is 26.3 Å². The Balaban J connectivity index is 1.43. The summed E-state index contributed by atoms with van der Waals surface area (Å²) in [4.78, 5) is 39.6. The monoisotopic (exact) mass is 349 g/mol. The number of carbonyl (C=O) groups is 3. The highest BCUT2D eigenvalue weighted by Gasteiger charge is 2.31. The molecule has 0 radical (unpaired) electrons. The van der Waals surface area contributed by atoms with Gasteiger partial charge < -0.3 is 9.72 Å². The van der Waals surface area contributed by atoms with E-state index in [0.717, 1.165) is 16.5 Å². The van der Waals surface area contributed by atoms with E-state index in [-0.39, 0.29) is 6.42 Å². The molecule has 0 saturated heterocycles. The van der Waals surface area contributed by atoms with Crippen LogP contribution in [0.25, 0.3) is 10.9 Å². The second-order valence-electron chi connectivity index (χ2n) is 5.95. The Kier molecular flexibility index (Phi) is 3.89. The molecule has 1 aliphatic rings. The van der Waals surface area contributed by atoms with E-state index in [9.17, 15) is 14.4 Å². The van der Waals surface area contributed by atoms with E-state index in [2.05, 4.69) is 15.8 Å². The van der Waals surface area contributed by atoms with Gasteiger partial charge in [-0.1, -0.05) is 36.4 Å². The minimum Gasteiger partial charge on any atom is -0.448 e. The summed E-state index contributed by atoms with van der Waals surface area (Å²) in [5.41, 5.74) is 7.12. The largest absolute Gasteiger partial charge is 0.448 e. The maximum absolute atomic E-state index is 12.3. The van der Waals surface area contributed by atoms with Gasteiger partial charge in [-0.2, -0.15) is 0 Å². The van der Waals surface area contributed by atoms with Gasteiger partial charge in [-0.25, -0.2) is 4.79 Å². The fourth-order valence-corrected chi connectivity index (χ4v) is 3.00. The molecule has 3 aromatic rings. The number of hydrazine groups is 1. The summed E-state index contributed by atoms with van der Waals surface area (Å²) in [5.74, 6) is -1.59. The van der Waals surface area contributed by atoms with Crippen LogP contribution in [0.5, 0.6) is 0 Å². The van der Waals surface area contributed by atoms with Crippen molar-refractivity contribution < 1.29 is 19.1 Å². The number of hydrogen-bond donors (Lipinski definition) is 3. The first-order valence-corrected chi connectivity index (χ1v) is 8.08. The van der Waals surface area contributed by atoms with E-state index >= 15 is 0 Å². The fourth-order valence-electron chi connectivity index (χ4n) is 3.00. The molecule has 0 aliphatic carbocycles. The quantitative estimate of drug-likeness (QED) is 0.484. The number of carbonyl (C=O) groups excluding carboxylic acids is 3. The van der Waals surface area contributed by atoms with Crippen molar-refractivity contribution in [3.05, 3.63) is 71.4 Å². The lowest BCUT2D eigenvalue weighted by Crippen LogP contribution is -2.49. The van der Waals surface area contributed by atoms with Crippen molar-refractivity contribution in [2.45, 2.75) is 12.5 Å². The molecule has 130 valence electrons. The molecule has 7 heteroatoms. The van der Waals surface area contributed by atoms with Crippen LogP contribution in [0.4, 0.5) is 0 Å². The minimum absolute atomic E-state index is 0.261. The molecule has 1 aromatic heterocycles. The number of benzene rings is 2. The molecular formula is C19H15N3O4. The zero-order chi connectivity index (χ0) is 18.1. The summed E-state index contributed by atoms with van der Waals surface area (Å²) in [7, 11) is 0. The molecule has 0 fully saturated rings. The number of cyclic esters (lactones) is 1. The lowest BCUT2D eigenvalue weighted by molar-refractivity contribution is -0.131. The number of esters is 1. The first-order valence-electron chi connectivity index (χ1n) is 8.08. The van der Waals surface area contributed by atoms with E-state index in [1.54, 1.807) is 30.5 Å². The number of hydrogen-bond acceptors (Lipinski definition) is 4. The van der Waals surface area contributed by atoms with Crippen LogP contribution in [0.2, 0.25) is 0 Å². The average Bonchev–Trinajstić information content (AvgIpc) is 3.10. The number of para-hydroxylation sites is 1. The standard InChI is InChI=1S/C19H15N3O4/c23-17(14-10-20-15-8-4-3-7-13(14)15)21-22-18(24)16-9-11-5-1-2-6-12(11)19(25)26-16/h1-8,10,16,20H,9H2,(H,21,23)(H,22,24). The van der Waals surface area contributed by atoms with Crippen LogP contribution >= 0.6 is 0 Å². The number of amides is 2. The Bertz CT molecular complexity index is 1020. The van der Waals surface area contributed by atoms with Crippen molar-refractivity contribution in [2.75, 3.05) is 0 Å². The van der Waals surface area contributed by atoms with Crippen molar-refractivity contribution in [1.29, 1.82) is 0 Å². The van der Waals surface area contributed by atoms with Gasteiger partial charge in [0, 0.05) is 23.5 Å². The van der Waals surface area contributed by atoms with Gasteiger partial charge in [-0.05, 0) is 17.7 Å². The minimum atomic E-state index is -0.985. The van der Waals surface area contributed by atoms with Gasteiger partial charge in [-0.3, -0.25) is 20.4 Å². The zero-order valence-electron chi connectivity index (χ0n) is 13.6. The highest BCUT2D eigenvalue weighted by molar-refractivity contribution is 6.07. The van der Waals surface area contributed by atoms with Gasteiger partial charge in [-0.15, -0.1) is 0 Å².